The third kappa shape index (κ3) is 7.69. The van der Waals surface area contributed by atoms with Gasteiger partial charge in [0, 0.05) is 27.9 Å². The molecule has 1 aliphatic heterocycles. The first-order valence-corrected chi connectivity index (χ1v) is 9.53. The van der Waals surface area contributed by atoms with Gasteiger partial charge in [-0.25, -0.2) is 4.79 Å². The van der Waals surface area contributed by atoms with Crippen LogP contribution in [0.25, 0.3) is 0 Å². The fourth-order valence-corrected chi connectivity index (χ4v) is 2.90. The zero-order valence-electron chi connectivity index (χ0n) is 18.8. The Kier molecular flexibility index (Phi) is 9.99. The second-order valence-corrected chi connectivity index (χ2v) is 6.83. The minimum Gasteiger partial charge on any atom is -0.465 e. The summed E-state index contributed by atoms with van der Waals surface area (Å²) in [7, 11) is 1.98. The van der Waals surface area contributed by atoms with Crippen molar-refractivity contribution in [1.29, 1.82) is 0 Å². The summed E-state index contributed by atoms with van der Waals surface area (Å²) in [4.78, 5) is 58.6. The molecule has 0 aromatic rings. The molecule has 0 aromatic heterocycles. The molecule has 1 heterocycles. The van der Waals surface area contributed by atoms with Crippen LogP contribution in [0, 0.1) is 0 Å². The number of methoxy groups -OCH3 is 2. The zero-order valence-corrected chi connectivity index (χ0v) is 18.8. The Morgan fingerprint density at radius 3 is 2.06 bits per heavy atom. The maximum atomic E-state index is 12.9. The molecule has 0 radical (unpaired) electrons. The molecule has 0 aliphatic carbocycles. The highest BCUT2D eigenvalue weighted by atomic mass is 19.4. The molecule has 0 saturated carbocycles. The lowest BCUT2D eigenvalue weighted by molar-refractivity contribution is -0.259. The Morgan fingerprint density at radius 2 is 1.62 bits per heavy atom. The molecule has 1 N–H and O–H groups in total. The number of carbonyl (C=O) groups is 5. The lowest BCUT2D eigenvalue weighted by Gasteiger charge is -2.42. The molecule has 1 rings (SSSR count). The van der Waals surface area contributed by atoms with E-state index in [1.165, 1.54) is 0 Å². The van der Waals surface area contributed by atoms with Gasteiger partial charge in [0.25, 0.3) is 5.79 Å². The first-order chi connectivity index (χ1) is 15.7. The summed E-state index contributed by atoms with van der Waals surface area (Å²) in [5.74, 6) is -8.65. The highest BCUT2D eigenvalue weighted by molar-refractivity contribution is 5.83. The number of amides is 1. The van der Waals surface area contributed by atoms with Crippen LogP contribution in [0.1, 0.15) is 20.8 Å². The van der Waals surface area contributed by atoms with E-state index in [0.717, 1.165) is 47.1 Å². The van der Waals surface area contributed by atoms with Crippen molar-refractivity contribution in [3.63, 3.8) is 0 Å². The second kappa shape index (κ2) is 11.8. The molecule has 5 atom stereocenters. The minimum atomic E-state index is -5.31. The first kappa shape index (κ1) is 28.8. The molecule has 15 heteroatoms. The van der Waals surface area contributed by atoms with Gasteiger partial charge in [-0.1, -0.05) is 6.08 Å². The van der Waals surface area contributed by atoms with Crippen LogP contribution in [-0.2, 0) is 52.4 Å². The Hall–Kier alpha value is -3.20. The Bertz CT molecular complexity index is 829. The average molecular weight is 499 g/mol. The van der Waals surface area contributed by atoms with E-state index in [4.69, 9.17) is 23.7 Å². The molecule has 192 valence electrons. The van der Waals surface area contributed by atoms with Gasteiger partial charge in [0.05, 0.1) is 13.2 Å². The van der Waals surface area contributed by atoms with E-state index in [-0.39, 0.29) is 0 Å². The van der Waals surface area contributed by atoms with Crippen LogP contribution in [0.15, 0.2) is 12.2 Å². The minimum absolute atomic E-state index is 0.714. The van der Waals surface area contributed by atoms with Crippen LogP contribution in [0.2, 0.25) is 0 Å². The molecule has 1 amide bonds. The number of ether oxygens (including phenoxy) is 6. The summed E-state index contributed by atoms with van der Waals surface area (Å²) in [5.41, 5.74) is 0. The second-order valence-electron chi connectivity index (χ2n) is 6.83. The van der Waals surface area contributed by atoms with Crippen LogP contribution in [0.5, 0.6) is 0 Å². The van der Waals surface area contributed by atoms with E-state index in [0.29, 0.717) is 0 Å². The van der Waals surface area contributed by atoms with Gasteiger partial charge in [-0.2, -0.15) is 13.2 Å². The lowest BCUT2D eigenvalue weighted by atomic mass is 9.95. The molecule has 0 unspecified atom stereocenters. The van der Waals surface area contributed by atoms with E-state index in [1.807, 2.05) is 0 Å². The van der Waals surface area contributed by atoms with Gasteiger partial charge >= 0.3 is 36.0 Å². The third-order valence-electron chi connectivity index (χ3n) is 4.28. The number of carbonyl (C=O) groups excluding carboxylic acids is 5. The number of alkyl halides is 3. The highest BCUT2D eigenvalue weighted by Gasteiger charge is 2.53. The molecule has 0 fully saturated rings. The topological polar surface area (TPSA) is 153 Å². The van der Waals surface area contributed by atoms with Gasteiger partial charge in [-0.15, -0.1) is 0 Å². The summed E-state index contributed by atoms with van der Waals surface area (Å²) in [5, 5.41) is 1.63. The number of hydrogen-bond donors (Lipinski definition) is 1. The predicted octanol–water partition coefficient (Wildman–Crippen LogP) is -0.0693. The first-order valence-electron chi connectivity index (χ1n) is 9.53. The molecule has 0 bridgehead atoms. The Labute approximate surface area is 191 Å². The van der Waals surface area contributed by atoms with Gasteiger partial charge in [0.2, 0.25) is 0 Å². The normalized spacial score (nSPS) is 23.8. The van der Waals surface area contributed by atoms with Crippen molar-refractivity contribution in [2.45, 2.75) is 57.1 Å². The SMILES string of the molecule is COC(=O)[C@]1(OC)C=C[C@@H](NC(=O)C(F)(F)F)[C@H]([C@H](OC(C)=O)[C@@H](COC(C)=O)OC(C)=O)O1. The monoisotopic (exact) mass is 499 g/mol. The molecule has 0 spiro atoms. The Morgan fingerprint density at radius 1 is 1.03 bits per heavy atom. The quantitative estimate of drug-likeness (QED) is 0.258. The number of halogens is 3. The zero-order chi connectivity index (χ0) is 26.3. The van der Waals surface area contributed by atoms with Gasteiger partial charge < -0.3 is 33.7 Å². The van der Waals surface area contributed by atoms with E-state index in [1.54, 1.807) is 5.32 Å². The van der Waals surface area contributed by atoms with Crippen LogP contribution in [-0.4, -0.2) is 86.9 Å². The fourth-order valence-electron chi connectivity index (χ4n) is 2.90. The molecule has 1 aliphatic rings. The van der Waals surface area contributed by atoms with E-state index < -0.39 is 72.7 Å². The third-order valence-corrected chi connectivity index (χ3v) is 4.28. The number of hydrogen-bond acceptors (Lipinski definition) is 11. The molecule has 34 heavy (non-hydrogen) atoms. The van der Waals surface area contributed by atoms with E-state index >= 15 is 0 Å². The largest absolute Gasteiger partial charge is 0.471 e. The van der Waals surface area contributed by atoms with Crippen LogP contribution >= 0.6 is 0 Å². The van der Waals surface area contributed by atoms with Crippen molar-refractivity contribution in [2.75, 3.05) is 20.8 Å². The van der Waals surface area contributed by atoms with E-state index in [2.05, 4.69) is 4.74 Å². The smallest absolute Gasteiger partial charge is 0.465 e. The fraction of sp³-hybridized carbons (Fsp3) is 0.632. The molecule has 12 nitrogen and oxygen atoms in total. The van der Waals surface area contributed by atoms with Gasteiger partial charge in [0.15, 0.2) is 12.2 Å². The lowest BCUT2D eigenvalue weighted by Crippen LogP contribution is -2.63. The maximum Gasteiger partial charge on any atom is 0.471 e. The van der Waals surface area contributed by atoms with Crippen LogP contribution in [0.3, 0.4) is 0 Å². The van der Waals surface area contributed by atoms with Crippen molar-refractivity contribution in [3.05, 3.63) is 12.2 Å². The Balaban J connectivity index is 3.58. The van der Waals surface area contributed by atoms with Gasteiger partial charge in [0.1, 0.15) is 12.7 Å². The molecule has 0 aromatic carbocycles. The van der Waals surface area contributed by atoms with Gasteiger partial charge in [-0.3, -0.25) is 19.2 Å². The highest BCUT2D eigenvalue weighted by Crippen LogP contribution is 2.31. The van der Waals surface area contributed by atoms with Crippen molar-refractivity contribution in [2.24, 2.45) is 0 Å². The summed E-state index contributed by atoms with van der Waals surface area (Å²) < 4.78 is 68.9. The van der Waals surface area contributed by atoms with Crippen LogP contribution < -0.4 is 5.32 Å². The molecule has 0 saturated heterocycles. The molecular weight excluding hydrogens is 475 g/mol. The average Bonchev–Trinajstić information content (AvgIpc) is 2.73. The van der Waals surface area contributed by atoms with Crippen LogP contribution in [0.4, 0.5) is 13.2 Å². The standard InChI is InChI=1S/C19H24F3NO11/c1-9(24)31-8-13(32-10(2)25)15(33-11(3)26)14-12(23-16(27)19(20,21)22)6-7-18(30-5,34-14)17(28)29-4/h6-7,12-15H,8H2,1-5H3,(H,23,27)/t12-,13-,14-,15-,18+/m1/s1. The summed E-state index contributed by atoms with van der Waals surface area (Å²) in [6.07, 6.45) is -8.76. The van der Waals surface area contributed by atoms with Crippen molar-refractivity contribution in [3.8, 4) is 0 Å². The van der Waals surface area contributed by atoms with Crippen molar-refractivity contribution < 1.29 is 65.6 Å². The number of rotatable bonds is 9. The summed E-state index contributed by atoms with van der Waals surface area (Å²) in [6, 6.07) is -1.69. The summed E-state index contributed by atoms with van der Waals surface area (Å²) >= 11 is 0. The maximum absolute atomic E-state index is 12.9. The summed E-state index contributed by atoms with van der Waals surface area (Å²) in [6.45, 7) is 2.19. The van der Waals surface area contributed by atoms with E-state index in [9.17, 15) is 37.1 Å². The number of esters is 4. The molecular formula is C19H24F3NO11. The van der Waals surface area contributed by atoms with Crippen molar-refractivity contribution >= 4 is 29.8 Å². The van der Waals surface area contributed by atoms with Crippen molar-refractivity contribution in [1.82, 2.24) is 5.32 Å². The number of nitrogens with one attached hydrogen (secondary N) is 1. The predicted molar refractivity (Wildman–Crippen MR) is 101 cm³/mol. The van der Waals surface area contributed by atoms with Gasteiger partial charge in [-0.05, 0) is 6.08 Å².